The summed E-state index contributed by atoms with van der Waals surface area (Å²) in [5, 5.41) is 0. The van der Waals surface area contributed by atoms with Gasteiger partial charge in [-0.2, -0.15) is 0 Å². The molecule has 0 spiro atoms. The molecule has 0 rings (SSSR count). The van der Waals surface area contributed by atoms with Crippen LogP contribution in [0.5, 0.6) is 0 Å². The summed E-state index contributed by atoms with van der Waals surface area (Å²) >= 11 is 0. The van der Waals surface area contributed by atoms with Crippen molar-refractivity contribution in [1.29, 1.82) is 0 Å². The lowest BCUT2D eigenvalue weighted by molar-refractivity contribution is -0.870. The Kier molecular flexibility index (Phi) is 64.0. The number of rotatable bonds is 66. The second-order valence-corrected chi connectivity index (χ2v) is 26.7. The first-order chi connectivity index (χ1) is 42.0. The molecule has 0 aromatic carbocycles. The summed E-state index contributed by atoms with van der Waals surface area (Å²) in [5.41, 5.74) is 0. The fourth-order valence-electron chi connectivity index (χ4n) is 10.2. The summed E-state index contributed by atoms with van der Waals surface area (Å²) in [5.74, 6) is -0.785. The first-order valence-electron chi connectivity index (χ1n) is 36.0. The van der Waals surface area contributed by atoms with Gasteiger partial charge in [0.25, 0.3) is 0 Å². The van der Waals surface area contributed by atoms with E-state index in [-0.39, 0.29) is 25.6 Å². The largest absolute Gasteiger partial charge is 0.472 e. The highest BCUT2D eigenvalue weighted by Crippen LogP contribution is 2.43. The number of ether oxygens (including phenoxy) is 2. The molecule has 0 aromatic rings. The Hall–Kier alpha value is -3.07. The maximum absolute atomic E-state index is 12.9. The number of phosphoric acid groups is 1. The van der Waals surface area contributed by atoms with Gasteiger partial charge in [-0.3, -0.25) is 18.6 Å². The number of carbonyl (C=O) groups is 2. The molecule has 0 aromatic heterocycles. The topological polar surface area (TPSA) is 108 Å². The van der Waals surface area contributed by atoms with Gasteiger partial charge in [0, 0.05) is 12.8 Å². The minimum atomic E-state index is -4.39. The lowest BCUT2D eigenvalue weighted by Gasteiger charge is -2.24. The van der Waals surface area contributed by atoms with Gasteiger partial charge >= 0.3 is 19.8 Å². The summed E-state index contributed by atoms with van der Waals surface area (Å²) in [6.45, 7) is 4.36. The van der Waals surface area contributed by atoms with E-state index in [4.69, 9.17) is 18.5 Å². The van der Waals surface area contributed by atoms with Crippen LogP contribution < -0.4 is 0 Å². The van der Waals surface area contributed by atoms with Crippen LogP contribution in [0.25, 0.3) is 0 Å². The number of nitrogens with zero attached hydrogens (tertiary/aromatic N) is 1. The molecule has 0 aliphatic carbocycles. The third kappa shape index (κ3) is 70.0. The van der Waals surface area contributed by atoms with Crippen LogP contribution >= 0.6 is 7.82 Å². The van der Waals surface area contributed by atoms with Crippen LogP contribution in [-0.4, -0.2) is 74.9 Å². The number of hydrogen-bond acceptors (Lipinski definition) is 7. The van der Waals surface area contributed by atoms with Crippen molar-refractivity contribution in [2.75, 3.05) is 47.5 Å². The molecule has 0 aliphatic rings. The van der Waals surface area contributed by atoms with Crippen molar-refractivity contribution in [1.82, 2.24) is 0 Å². The van der Waals surface area contributed by atoms with Crippen molar-refractivity contribution in [3.63, 3.8) is 0 Å². The van der Waals surface area contributed by atoms with Gasteiger partial charge in [0.05, 0.1) is 27.7 Å². The molecule has 0 heterocycles. The molecule has 0 amide bonds. The van der Waals surface area contributed by atoms with Crippen LogP contribution in [-0.2, 0) is 32.7 Å². The smallest absolute Gasteiger partial charge is 0.462 e. The average Bonchev–Trinajstić information content (AvgIpc) is 3.56. The Morgan fingerprint density at radius 1 is 0.372 bits per heavy atom. The summed E-state index contributed by atoms with van der Waals surface area (Å²) in [6.07, 6.45) is 92.3. The molecule has 9 nitrogen and oxygen atoms in total. The maximum Gasteiger partial charge on any atom is 0.472 e. The van der Waals surface area contributed by atoms with E-state index in [9.17, 15) is 19.0 Å². The first kappa shape index (κ1) is 82.9. The quantitative estimate of drug-likeness (QED) is 0.0211. The fraction of sp³-hybridized carbons (Fsp3) is 0.763. The Bertz CT molecular complexity index is 1770. The maximum atomic E-state index is 12.9. The molecule has 498 valence electrons. The van der Waals surface area contributed by atoms with E-state index in [1.54, 1.807) is 0 Å². The lowest BCUT2D eigenvalue weighted by Crippen LogP contribution is -2.37. The fourth-order valence-corrected chi connectivity index (χ4v) is 10.9. The second kappa shape index (κ2) is 66.4. The molecule has 0 radical (unpaired) electrons. The van der Waals surface area contributed by atoms with Crippen molar-refractivity contribution in [3.8, 4) is 0 Å². The van der Waals surface area contributed by atoms with E-state index < -0.39 is 26.5 Å². The van der Waals surface area contributed by atoms with Gasteiger partial charge in [-0.05, 0) is 77.0 Å². The van der Waals surface area contributed by atoms with E-state index in [2.05, 4.69) is 111 Å². The summed E-state index contributed by atoms with van der Waals surface area (Å²) in [6, 6.07) is 0. The zero-order valence-corrected chi connectivity index (χ0v) is 57.7. The third-order valence-electron chi connectivity index (χ3n) is 15.6. The molecule has 86 heavy (non-hydrogen) atoms. The highest BCUT2D eigenvalue weighted by Gasteiger charge is 2.27. The van der Waals surface area contributed by atoms with Crippen LogP contribution in [0.1, 0.15) is 322 Å². The van der Waals surface area contributed by atoms with Crippen molar-refractivity contribution < 1.29 is 42.1 Å². The number of hydrogen-bond donors (Lipinski definition) is 1. The lowest BCUT2D eigenvalue weighted by atomic mass is 10.0. The van der Waals surface area contributed by atoms with E-state index >= 15 is 0 Å². The molecular weight excluding hydrogens is 1090 g/mol. The van der Waals surface area contributed by atoms with Gasteiger partial charge in [-0.1, -0.05) is 329 Å². The molecule has 0 aliphatic heterocycles. The monoisotopic (exact) mass is 1220 g/mol. The molecule has 1 N–H and O–H groups in total. The number of esters is 2. The first-order valence-corrected chi connectivity index (χ1v) is 37.5. The molecular formula is C76H137NO8P+. The molecule has 0 bridgehead atoms. The van der Waals surface area contributed by atoms with Crippen LogP contribution in [0.15, 0.2) is 97.2 Å². The van der Waals surface area contributed by atoms with Gasteiger partial charge in [-0.15, -0.1) is 0 Å². The van der Waals surface area contributed by atoms with Crippen LogP contribution in [0.4, 0.5) is 0 Å². The number of allylic oxidation sites excluding steroid dienone is 16. The Balaban J connectivity index is 4.02. The average molecular weight is 1220 g/mol. The van der Waals surface area contributed by atoms with E-state index in [1.807, 2.05) is 21.1 Å². The van der Waals surface area contributed by atoms with Crippen molar-refractivity contribution in [2.45, 2.75) is 328 Å². The number of phosphoric ester groups is 1. The zero-order chi connectivity index (χ0) is 62.6. The van der Waals surface area contributed by atoms with Gasteiger partial charge in [0.1, 0.15) is 19.8 Å². The van der Waals surface area contributed by atoms with Gasteiger partial charge in [0.2, 0.25) is 0 Å². The molecule has 2 unspecified atom stereocenters. The van der Waals surface area contributed by atoms with Crippen LogP contribution in [0, 0.1) is 0 Å². The molecule has 2 atom stereocenters. The SMILES string of the molecule is CC/C=C\C/C=C\C/C=C\C/C=C\C/C=C\C/C=C\C/C=C\C/C=C\CCCCCCCCCCCCCCCCC(=O)OC(COC(=O)CCCCCCCCCCCCCCCCCCCCCCCCC)COP(=O)(O)OCC[N+](C)(C)C. The number of carbonyl (C=O) groups excluding carboxylic acids is 2. The molecule has 10 heteroatoms. The predicted molar refractivity (Wildman–Crippen MR) is 372 cm³/mol. The normalized spacial score (nSPS) is 13.7. The minimum Gasteiger partial charge on any atom is -0.462 e. The second-order valence-electron chi connectivity index (χ2n) is 25.3. The highest BCUT2D eigenvalue weighted by molar-refractivity contribution is 7.47. The molecule has 0 fully saturated rings. The standard InChI is InChI=1S/C76H136NO8P/c1-6-8-10-12-14-16-18-20-22-24-26-28-30-31-32-33-34-35-36-37-38-39-40-41-42-43-44-45-47-49-51-53-55-57-59-61-63-65-67-69-76(79)85-74(73-84-86(80,81)83-71-70-77(3,4)5)72-82-75(78)68-66-64-62-60-58-56-54-52-50-48-46-29-27-25-23-21-19-17-15-13-11-9-7-2/h8,10,14,16,20,22,26,28,31-32,34-35,37-38,40-41,74H,6-7,9,11-13,15,17-19,21,23-25,27,29-30,33,36,39,42-73H2,1-5H3/p+1/b10-8-,16-14-,22-20-,28-26-,32-31-,35-34-,38-37-,41-40-. The summed E-state index contributed by atoms with van der Waals surface area (Å²) < 4.78 is 34.7. The van der Waals surface area contributed by atoms with Crippen molar-refractivity contribution >= 4 is 19.8 Å². The highest BCUT2D eigenvalue weighted by atomic mass is 31.2. The van der Waals surface area contributed by atoms with Crippen molar-refractivity contribution in [3.05, 3.63) is 97.2 Å². The van der Waals surface area contributed by atoms with E-state index in [0.717, 1.165) is 89.9 Å². The van der Waals surface area contributed by atoms with Gasteiger partial charge in [0.15, 0.2) is 6.10 Å². The number of quaternary nitrogens is 1. The van der Waals surface area contributed by atoms with E-state index in [1.165, 1.54) is 199 Å². The summed E-state index contributed by atoms with van der Waals surface area (Å²) in [4.78, 5) is 35.9. The Labute approximate surface area is 532 Å². The van der Waals surface area contributed by atoms with Crippen LogP contribution in [0.3, 0.4) is 0 Å². The predicted octanol–water partition coefficient (Wildman–Crippen LogP) is 23.5. The third-order valence-corrected chi connectivity index (χ3v) is 16.6. The van der Waals surface area contributed by atoms with Crippen molar-refractivity contribution in [2.24, 2.45) is 0 Å². The zero-order valence-electron chi connectivity index (χ0n) is 56.8. The number of unbranched alkanes of at least 4 members (excludes halogenated alkanes) is 36. The van der Waals surface area contributed by atoms with Gasteiger partial charge < -0.3 is 18.9 Å². The Morgan fingerprint density at radius 3 is 0.988 bits per heavy atom. The number of likely N-dealkylation sites (N-methyl/N-ethyl adjacent to an activating group) is 1. The van der Waals surface area contributed by atoms with Gasteiger partial charge in [-0.25, -0.2) is 4.57 Å². The van der Waals surface area contributed by atoms with E-state index in [0.29, 0.717) is 23.9 Å². The van der Waals surface area contributed by atoms with Crippen LogP contribution in [0.2, 0.25) is 0 Å². The Morgan fingerprint density at radius 2 is 0.663 bits per heavy atom. The minimum absolute atomic E-state index is 0.0308. The molecule has 0 saturated carbocycles. The summed E-state index contributed by atoms with van der Waals surface area (Å²) in [7, 11) is 1.48. The molecule has 0 saturated heterocycles.